The molecule has 9 nitrogen and oxygen atoms in total. The summed E-state index contributed by atoms with van der Waals surface area (Å²) in [6, 6.07) is 5.55. The quantitative estimate of drug-likeness (QED) is 0.834. The summed E-state index contributed by atoms with van der Waals surface area (Å²) in [5.74, 6) is 1.88. The largest absolute Gasteiger partial charge is 0.454 e. The van der Waals surface area contributed by atoms with E-state index in [-0.39, 0.29) is 24.3 Å². The van der Waals surface area contributed by atoms with Gasteiger partial charge in [-0.25, -0.2) is 9.97 Å². The number of hydrogen-bond donors (Lipinski definition) is 1. The van der Waals surface area contributed by atoms with E-state index < -0.39 is 0 Å². The van der Waals surface area contributed by atoms with Crippen molar-refractivity contribution >= 4 is 17.6 Å². The van der Waals surface area contributed by atoms with Crippen LogP contribution in [0.3, 0.4) is 0 Å². The number of hydrogen-bond acceptors (Lipinski definition) is 7. The van der Waals surface area contributed by atoms with Gasteiger partial charge in [-0.15, -0.1) is 0 Å². The summed E-state index contributed by atoms with van der Waals surface area (Å²) in [5.41, 5.74) is 1.16. The zero-order valence-corrected chi connectivity index (χ0v) is 15.6. The Bertz CT molecular complexity index is 878. The summed E-state index contributed by atoms with van der Waals surface area (Å²) >= 11 is 0. The van der Waals surface area contributed by atoms with E-state index in [1.807, 2.05) is 23.1 Å². The minimum atomic E-state index is -0.293. The van der Waals surface area contributed by atoms with Crippen molar-refractivity contribution in [1.29, 1.82) is 0 Å². The Balaban J connectivity index is 1.32. The number of nitrogens with zero attached hydrogens (tertiary/aromatic N) is 4. The highest BCUT2D eigenvalue weighted by Gasteiger charge is 2.20. The van der Waals surface area contributed by atoms with Crippen LogP contribution in [-0.4, -0.2) is 59.7 Å². The molecule has 0 spiro atoms. The minimum absolute atomic E-state index is 0.0835. The molecule has 2 amide bonds. The topological polar surface area (TPSA) is 96.9 Å². The Labute approximate surface area is 162 Å². The van der Waals surface area contributed by atoms with E-state index in [1.54, 1.807) is 13.1 Å². The molecule has 28 heavy (non-hydrogen) atoms. The Kier molecular flexibility index (Phi) is 4.96. The molecule has 0 bridgehead atoms. The third-order valence-corrected chi connectivity index (χ3v) is 4.81. The average Bonchev–Trinajstić information content (AvgIpc) is 3.20. The number of rotatable bonds is 4. The molecule has 1 fully saturated rings. The van der Waals surface area contributed by atoms with Gasteiger partial charge >= 0.3 is 0 Å². The van der Waals surface area contributed by atoms with Crippen molar-refractivity contribution in [2.45, 2.75) is 13.5 Å². The lowest BCUT2D eigenvalue weighted by Crippen LogP contribution is -2.48. The lowest BCUT2D eigenvalue weighted by molar-refractivity contribution is -0.129. The predicted octanol–water partition coefficient (Wildman–Crippen LogP) is 0.804. The second-order valence-electron chi connectivity index (χ2n) is 6.62. The monoisotopic (exact) mass is 383 g/mol. The van der Waals surface area contributed by atoms with Gasteiger partial charge in [0.05, 0.1) is 12.4 Å². The fourth-order valence-corrected chi connectivity index (χ4v) is 3.18. The van der Waals surface area contributed by atoms with Crippen LogP contribution in [0.15, 0.2) is 30.6 Å². The van der Waals surface area contributed by atoms with Gasteiger partial charge in [0.2, 0.25) is 12.7 Å². The van der Waals surface area contributed by atoms with E-state index in [1.165, 1.54) is 6.20 Å². The molecule has 2 aromatic rings. The van der Waals surface area contributed by atoms with Crippen molar-refractivity contribution in [3.05, 3.63) is 41.9 Å². The highest BCUT2D eigenvalue weighted by molar-refractivity contribution is 5.92. The number of anilines is 1. The van der Waals surface area contributed by atoms with Gasteiger partial charge in [0.25, 0.3) is 5.91 Å². The fraction of sp³-hybridized carbons (Fsp3) is 0.368. The van der Waals surface area contributed by atoms with Crippen molar-refractivity contribution in [2.75, 3.05) is 37.9 Å². The van der Waals surface area contributed by atoms with Crippen LogP contribution in [0.2, 0.25) is 0 Å². The number of benzene rings is 1. The van der Waals surface area contributed by atoms with Crippen molar-refractivity contribution in [3.63, 3.8) is 0 Å². The third kappa shape index (κ3) is 3.83. The van der Waals surface area contributed by atoms with Crippen molar-refractivity contribution in [2.24, 2.45) is 0 Å². The number of carbonyl (C=O) groups is 2. The lowest BCUT2D eigenvalue weighted by Gasteiger charge is -2.34. The van der Waals surface area contributed by atoms with E-state index >= 15 is 0 Å². The number of piperazine rings is 1. The SMILES string of the molecule is CC(=O)N1CCN(c2cnc(C(=O)NCc3ccc4c(c3)OCO4)cn2)CC1. The number of ether oxygens (including phenoxy) is 2. The molecule has 3 heterocycles. The number of amides is 2. The molecule has 0 radical (unpaired) electrons. The van der Waals surface area contributed by atoms with Gasteiger partial charge in [-0.3, -0.25) is 9.59 Å². The Morgan fingerprint density at radius 1 is 1.07 bits per heavy atom. The van der Waals surface area contributed by atoms with Crippen LogP contribution in [-0.2, 0) is 11.3 Å². The second-order valence-corrected chi connectivity index (χ2v) is 6.62. The van der Waals surface area contributed by atoms with Gasteiger partial charge < -0.3 is 24.6 Å². The number of nitrogens with one attached hydrogen (secondary N) is 1. The van der Waals surface area contributed by atoms with E-state index in [0.29, 0.717) is 50.0 Å². The van der Waals surface area contributed by atoms with Gasteiger partial charge in [-0.1, -0.05) is 6.07 Å². The molecule has 0 unspecified atom stereocenters. The molecular weight excluding hydrogens is 362 g/mol. The van der Waals surface area contributed by atoms with Crippen LogP contribution in [0, 0.1) is 0 Å². The summed E-state index contributed by atoms with van der Waals surface area (Å²) < 4.78 is 10.6. The summed E-state index contributed by atoms with van der Waals surface area (Å²) in [7, 11) is 0. The molecule has 4 rings (SSSR count). The van der Waals surface area contributed by atoms with E-state index in [2.05, 4.69) is 20.2 Å². The van der Waals surface area contributed by atoms with Crippen LogP contribution in [0.25, 0.3) is 0 Å². The number of fused-ring (bicyclic) bond motifs is 1. The summed E-state index contributed by atoms with van der Waals surface area (Å²) in [5, 5.41) is 2.83. The average molecular weight is 383 g/mol. The van der Waals surface area contributed by atoms with Crippen LogP contribution in [0.1, 0.15) is 23.0 Å². The van der Waals surface area contributed by atoms with Gasteiger partial charge in [-0.2, -0.15) is 0 Å². The smallest absolute Gasteiger partial charge is 0.271 e. The lowest BCUT2D eigenvalue weighted by atomic mass is 10.2. The number of carbonyl (C=O) groups excluding carboxylic acids is 2. The number of aromatic nitrogens is 2. The maximum atomic E-state index is 12.3. The maximum Gasteiger partial charge on any atom is 0.271 e. The first-order valence-corrected chi connectivity index (χ1v) is 9.09. The molecular formula is C19H21N5O4. The van der Waals surface area contributed by atoms with Gasteiger partial charge in [0.1, 0.15) is 11.5 Å². The third-order valence-electron chi connectivity index (χ3n) is 4.81. The standard InChI is InChI=1S/C19H21N5O4/c1-13(25)23-4-6-24(7-5-23)18-11-20-15(10-21-18)19(26)22-9-14-2-3-16-17(8-14)28-12-27-16/h2-3,8,10-11H,4-7,9,12H2,1H3,(H,22,26). The highest BCUT2D eigenvalue weighted by Crippen LogP contribution is 2.32. The Hall–Kier alpha value is -3.36. The molecule has 0 aliphatic carbocycles. The molecule has 146 valence electrons. The molecule has 1 aromatic carbocycles. The fourth-order valence-electron chi connectivity index (χ4n) is 3.18. The van der Waals surface area contributed by atoms with Gasteiger partial charge in [0, 0.05) is 39.6 Å². The summed E-state index contributed by atoms with van der Waals surface area (Å²) in [6.07, 6.45) is 3.07. The first-order valence-electron chi connectivity index (χ1n) is 9.09. The van der Waals surface area contributed by atoms with Crippen molar-refractivity contribution < 1.29 is 19.1 Å². The Morgan fingerprint density at radius 3 is 2.57 bits per heavy atom. The second kappa shape index (κ2) is 7.71. The molecule has 2 aliphatic heterocycles. The molecule has 2 aliphatic rings. The summed E-state index contributed by atoms with van der Waals surface area (Å²) in [4.78, 5) is 36.2. The van der Waals surface area contributed by atoms with Crippen LogP contribution in [0.4, 0.5) is 5.82 Å². The minimum Gasteiger partial charge on any atom is -0.454 e. The molecule has 1 aromatic heterocycles. The van der Waals surface area contributed by atoms with Crippen molar-refractivity contribution in [3.8, 4) is 11.5 Å². The first kappa shape index (κ1) is 18.0. The summed E-state index contributed by atoms with van der Waals surface area (Å²) in [6.45, 7) is 4.87. The molecule has 9 heteroatoms. The normalized spacial score (nSPS) is 15.5. The molecule has 1 saturated heterocycles. The molecule has 0 atom stereocenters. The highest BCUT2D eigenvalue weighted by atomic mass is 16.7. The van der Waals surface area contributed by atoms with E-state index in [0.717, 1.165) is 5.56 Å². The van der Waals surface area contributed by atoms with Gasteiger partial charge in [-0.05, 0) is 17.7 Å². The predicted molar refractivity (Wildman–Crippen MR) is 100 cm³/mol. The van der Waals surface area contributed by atoms with E-state index in [9.17, 15) is 9.59 Å². The van der Waals surface area contributed by atoms with Crippen molar-refractivity contribution in [1.82, 2.24) is 20.2 Å². The first-order chi connectivity index (χ1) is 13.6. The zero-order chi connectivity index (χ0) is 19.5. The van der Waals surface area contributed by atoms with Crippen LogP contribution < -0.4 is 19.7 Å². The van der Waals surface area contributed by atoms with Crippen LogP contribution in [0.5, 0.6) is 11.5 Å². The molecule has 0 saturated carbocycles. The zero-order valence-electron chi connectivity index (χ0n) is 15.6. The Morgan fingerprint density at radius 2 is 1.86 bits per heavy atom. The van der Waals surface area contributed by atoms with Crippen LogP contribution >= 0.6 is 0 Å². The van der Waals surface area contributed by atoms with E-state index in [4.69, 9.17) is 9.47 Å². The maximum absolute atomic E-state index is 12.3. The van der Waals surface area contributed by atoms with Gasteiger partial charge in [0.15, 0.2) is 11.5 Å². The molecule has 1 N–H and O–H groups in total.